The van der Waals surface area contributed by atoms with Crippen molar-refractivity contribution in [3.8, 4) is 0 Å². The Balaban J connectivity index is 2.27. The van der Waals surface area contributed by atoms with Gasteiger partial charge in [-0.15, -0.1) is 0 Å². The van der Waals surface area contributed by atoms with E-state index < -0.39 is 5.41 Å². The second-order valence-corrected chi connectivity index (χ2v) is 10.8. The quantitative estimate of drug-likeness (QED) is 0.120. The summed E-state index contributed by atoms with van der Waals surface area (Å²) in [6, 6.07) is 0. The van der Waals surface area contributed by atoms with Crippen LogP contribution in [0.2, 0.25) is 0 Å². The van der Waals surface area contributed by atoms with Crippen LogP contribution in [0.5, 0.6) is 0 Å². The Morgan fingerprint density at radius 3 is 1.38 bits per heavy atom. The maximum absolute atomic E-state index is 12.9. The van der Waals surface area contributed by atoms with E-state index in [1.54, 1.807) is 0 Å². The van der Waals surface area contributed by atoms with Crippen molar-refractivity contribution in [2.75, 3.05) is 13.2 Å². The van der Waals surface area contributed by atoms with Crippen molar-refractivity contribution in [2.24, 2.45) is 17.3 Å². The number of ether oxygens (including phenoxy) is 2. The minimum atomic E-state index is -1.05. The maximum atomic E-state index is 12.9. The van der Waals surface area contributed by atoms with Crippen LogP contribution in [0.1, 0.15) is 137 Å². The monoisotopic (exact) mass is 452 g/mol. The predicted molar refractivity (Wildman–Crippen MR) is 133 cm³/mol. The minimum absolute atomic E-state index is 0.337. The zero-order chi connectivity index (χ0) is 23.7. The molecule has 0 heterocycles. The lowest BCUT2D eigenvalue weighted by Gasteiger charge is -2.32. The first kappa shape index (κ1) is 29.0. The van der Waals surface area contributed by atoms with Gasteiger partial charge in [0.25, 0.3) is 0 Å². The average Bonchev–Trinajstić information content (AvgIpc) is 2.77. The van der Waals surface area contributed by atoms with Crippen LogP contribution in [0.25, 0.3) is 0 Å². The summed E-state index contributed by atoms with van der Waals surface area (Å²) in [5.74, 6) is 0.876. The van der Waals surface area contributed by atoms with Gasteiger partial charge in [0.2, 0.25) is 0 Å². The highest BCUT2D eigenvalue weighted by atomic mass is 16.6. The second-order valence-electron chi connectivity index (χ2n) is 10.8. The predicted octanol–water partition coefficient (Wildman–Crippen LogP) is 8.02. The van der Waals surface area contributed by atoms with Crippen LogP contribution >= 0.6 is 0 Å². The van der Waals surface area contributed by atoms with E-state index in [1.807, 2.05) is 0 Å². The molecule has 0 aromatic heterocycles. The zero-order valence-corrected chi connectivity index (χ0v) is 21.7. The minimum Gasteiger partial charge on any atom is -0.465 e. The van der Waals surface area contributed by atoms with Crippen molar-refractivity contribution in [3.05, 3.63) is 0 Å². The van der Waals surface area contributed by atoms with E-state index in [0.29, 0.717) is 26.1 Å². The molecule has 0 aromatic carbocycles. The molecule has 4 nitrogen and oxygen atoms in total. The molecule has 0 N–H and O–H groups in total. The molecule has 0 radical (unpaired) electrons. The van der Waals surface area contributed by atoms with Crippen LogP contribution in [-0.2, 0) is 19.1 Å². The summed E-state index contributed by atoms with van der Waals surface area (Å²) >= 11 is 0. The van der Waals surface area contributed by atoms with Crippen molar-refractivity contribution in [2.45, 2.75) is 137 Å². The number of hydrogen-bond acceptors (Lipinski definition) is 4. The van der Waals surface area contributed by atoms with E-state index in [2.05, 4.69) is 27.7 Å². The molecule has 1 rings (SSSR count). The molecule has 0 bridgehead atoms. The fraction of sp³-hybridized carbons (Fsp3) is 0.929. The molecule has 0 aromatic rings. The molecular weight excluding hydrogens is 400 g/mol. The van der Waals surface area contributed by atoms with E-state index in [-0.39, 0.29) is 11.9 Å². The third-order valence-electron chi connectivity index (χ3n) is 6.81. The fourth-order valence-electron chi connectivity index (χ4n) is 4.62. The molecule has 0 unspecified atom stereocenters. The smallest absolute Gasteiger partial charge is 0.323 e. The van der Waals surface area contributed by atoms with Crippen molar-refractivity contribution < 1.29 is 19.1 Å². The second kappa shape index (κ2) is 17.4. The largest absolute Gasteiger partial charge is 0.465 e. The Kier molecular flexibility index (Phi) is 15.8. The van der Waals surface area contributed by atoms with Crippen molar-refractivity contribution in [1.82, 2.24) is 0 Å². The number of carbonyl (C=O) groups excluding carboxylic acids is 2. The maximum Gasteiger partial charge on any atom is 0.323 e. The topological polar surface area (TPSA) is 52.6 Å². The Labute approximate surface area is 198 Å². The average molecular weight is 453 g/mol. The first-order valence-electron chi connectivity index (χ1n) is 13.7. The molecule has 0 amide bonds. The number of unbranched alkanes of at least 4 members (excludes halogenated alkanes) is 8. The first-order valence-corrected chi connectivity index (χ1v) is 13.7. The summed E-state index contributed by atoms with van der Waals surface area (Å²) in [6.45, 7) is 9.91. The van der Waals surface area contributed by atoms with Gasteiger partial charge in [0.15, 0.2) is 5.41 Å². The molecule has 4 heteroatoms. The summed E-state index contributed by atoms with van der Waals surface area (Å²) in [5.41, 5.74) is -1.05. The van der Waals surface area contributed by atoms with Gasteiger partial charge in [-0.1, -0.05) is 111 Å². The molecule has 0 aliphatic heterocycles. The molecule has 188 valence electrons. The van der Waals surface area contributed by atoms with E-state index in [9.17, 15) is 9.59 Å². The SMILES string of the molecule is CC(C)CCCCCCCOC(=O)C1(C(=O)OCCCCCCCC(C)C)CCCCC1. The zero-order valence-electron chi connectivity index (χ0n) is 21.7. The summed E-state index contributed by atoms with van der Waals surface area (Å²) in [5, 5.41) is 0. The van der Waals surface area contributed by atoms with Crippen LogP contribution in [0.4, 0.5) is 0 Å². The molecule has 1 aliphatic carbocycles. The number of carbonyl (C=O) groups is 2. The first-order chi connectivity index (χ1) is 15.4. The van der Waals surface area contributed by atoms with E-state index >= 15 is 0 Å². The Bertz CT molecular complexity index is 454. The van der Waals surface area contributed by atoms with E-state index in [0.717, 1.165) is 56.8 Å². The van der Waals surface area contributed by atoms with Gasteiger partial charge in [0, 0.05) is 0 Å². The molecule has 1 fully saturated rings. The van der Waals surface area contributed by atoms with Crippen LogP contribution in [0.3, 0.4) is 0 Å². The van der Waals surface area contributed by atoms with Gasteiger partial charge < -0.3 is 9.47 Å². The highest BCUT2D eigenvalue weighted by Gasteiger charge is 2.49. The van der Waals surface area contributed by atoms with Gasteiger partial charge in [-0.25, -0.2) is 0 Å². The number of esters is 2. The van der Waals surface area contributed by atoms with Crippen molar-refractivity contribution in [1.29, 1.82) is 0 Å². The molecule has 0 saturated heterocycles. The van der Waals surface area contributed by atoms with Gasteiger partial charge in [0.1, 0.15) is 0 Å². The third-order valence-corrected chi connectivity index (χ3v) is 6.81. The number of hydrogen-bond donors (Lipinski definition) is 0. The van der Waals surface area contributed by atoms with Crippen LogP contribution in [0, 0.1) is 17.3 Å². The molecule has 1 saturated carbocycles. The highest BCUT2D eigenvalue weighted by Crippen LogP contribution is 2.39. The van der Waals surface area contributed by atoms with Crippen molar-refractivity contribution >= 4 is 11.9 Å². The van der Waals surface area contributed by atoms with Gasteiger partial charge in [-0.05, 0) is 37.5 Å². The van der Waals surface area contributed by atoms with E-state index in [4.69, 9.17) is 9.47 Å². The molecule has 32 heavy (non-hydrogen) atoms. The van der Waals surface area contributed by atoms with Gasteiger partial charge in [-0.3, -0.25) is 9.59 Å². The molecule has 0 atom stereocenters. The summed E-state index contributed by atoms with van der Waals surface area (Å²) < 4.78 is 11.2. The Hall–Kier alpha value is -1.06. The van der Waals surface area contributed by atoms with Gasteiger partial charge in [0.05, 0.1) is 13.2 Å². The van der Waals surface area contributed by atoms with Crippen LogP contribution < -0.4 is 0 Å². The lowest BCUT2D eigenvalue weighted by Crippen LogP contribution is -2.43. The number of rotatable bonds is 18. The summed E-state index contributed by atoms with van der Waals surface area (Å²) in [7, 11) is 0. The molecule has 1 aliphatic rings. The standard InChI is InChI=1S/C28H52O4/c1-24(2)18-12-7-5-9-16-22-31-26(29)28(20-14-11-15-21-28)27(30)32-23-17-10-6-8-13-19-25(3)4/h24-25H,5-23H2,1-4H3. The van der Waals surface area contributed by atoms with Crippen LogP contribution in [-0.4, -0.2) is 25.2 Å². The van der Waals surface area contributed by atoms with E-state index in [1.165, 1.54) is 51.4 Å². The highest BCUT2D eigenvalue weighted by molar-refractivity contribution is 6.00. The lowest BCUT2D eigenvalue weighted by molar-refractivity contribution is -0.175. The van der Waals surface area contributed by atoms with Gasteiger partial charge >= 0.3 is 11.9 Å². The molecule has 0 spiro atoms. The fourth-order valence-corrected chi connectivity index (χ4v) is 4.62. The van der Waals surface area contributed by atoms with Crippen molar-refractivity contribution in [3.63, 3.8) is 0 Å². The Morgan fingerprint density at radius 1 is 0.594 bits per heavy atom. The van der Waals surface area contributed by atoms with Gasteiger partial charge in [-0.2, -0.15) is 0 Å². The normalized spacial score (nSPS) is 15.8. The summed E-state index contributed by atoms with van der Waals surface area (Å²) in [4.78, 5) is 25.8. The molecular formula is C28H52O4. The lowest BCUT2D eigenvalue weighted by atomic mass is 9.74. The summed E-state index contributed by atoms with van der Waals surface area (Å²) in [6.07, 6.45) is 18.0. The third kappa shape index (κ3) is 12.3. The van der Waals surface area contributed by atoms with Crippen LogP contribution in [0.15, 0.2) is 0 Å². The Morgan fingerprint density at radius 2 is 0.969 bits per heavy atom.